The predicted molar refractivity (Wildman–Crippen MR) is 58.4 cm³/mol. The molecule has 0 aromatic carbocycles. The Morgan fingerprint density at radius 1 is 1.59 bits per heavy atom. The van der Waals surface area contributed by atoms with E-state index in [1.165, 1.54) is 12.5 Å². The van der Waals surface area contributed by atoms with Crippen LogP contribution in [0.1, 0.15) is 18.5 Å². The minimum atomic E-state index is -1.06. The molecule has 1 unspecified atom stereocenters. The van der Waals surface area contributed by atoms with Crippen LogP contribution in [0.3, 0.4) is 0 Å². The Hall–Kier alpha value is -2.05. The van der Waals surface area contributed by atoms with Crippen LogP contribution in [0.2, 0.25) is 0 Å². The Balaban J connectivity index is 1.87. The highest BCUT2D eigenvalue weighted by atomic mass is 16.4. The molecule has 1 aliphatic rings. The Bertz CT molecular complexity index is 400. The normalized spacial score (nSPS) is 16.2. The van der Waals surface area contributed by atoms with Crippen LogP contribution in [0.5, 0.6) is 0 Å². The molecular weight excluding hydrogens is 224 g/mol. The Labute approximate surface area is 97.6 Å². The Morgan fingerprint density at radius 2 is 2.35 bits per heavy atom. The number of rotatable bonds is 5. The van der Waals surface area contributed by atoms with Gasteiger partial charge >= 0.3 is 12.0 Å². The van der Waals surface area contributed by atoms with E-state index in [-0.39, 0.29) is 12.5 Å². The van der Waals surface area contributed by atoms with E-state index in [4.69, 9.17) is 5.11 Å². The Morgan fingerprint density at radius 3 is 2.88 bits per heavy atom. The van der Waals surface area contributed by atoms with E-state index in [2.05, 4.69) is 20.6 Å². The summed E-state index contributed by atoms with van der Waals surface area (Å²) in [6.07, 6.45) is 5.12. The highest BCUT2D eigenvalue weighted by molar-refractivity contribution is 5.82. The molecule has 0 radical (unpaired) electrons. The lowest BCUT2D eigenvalue weighted by molar-refractivity contribution is -0.139. The number of nitrogens with one attached hydrogen (secondary N) is 3. The monoisotopic (exact) mass is 238 g/mol. The highest BCUT2D eigenvalue weighted by Gasteiger charge is 2.26. The van der Waals surface area contributed by atoms with Crippen molar-refractivity contribution >= 4 is 12.0 Å². The number of hydrogen-bond donors (Lipinski definition) is 4. The first-order valence-electron chi connectivity index (χ1n) is 5.42. The summed E-state index contributed by atoms with van der Waals surface area (Å²) < 4.78 is 0. The molecule has 7 nitrogen and oxygen atoms in total. The van der Waals surface area contributed by atoms with Crippen LogP contribution < -0.4 is 10.6 Å². The molecule has 2 rings (SSSR count). The lowest BCUT2D eigenvalue weighted by Gasteiger charge is -2.14. The van der Waals surface area contributed by atoms with Crippen LogP contribution in [-0.2, 0) is 11.2 Å². The van der Waals surface area contributed by atoms with E-state index in [1.54, 1.807) is 0 Å². The van der Waals surface area contributed by atoms with Crippen LogP contribution >= 0.6 is 0 Å². The van der Waals surface area contributed by atoms with Gasteiger partial charge in [0.05, 0.1) is 6.33 Å². The molecule has 7 heteroatoms. The van der Waals surface area contributed by atoms with Gasteiger partial charge in [0.1, 0.15) is 6.04 Å². The lowest BCUT2D eigenvalue weighted by Crippen LogP contribution is -2.47. The number of aliphatic carboxylic acids is 1. The maximum atomic E-state index is 11.4. The van der Waals surface area contributed by atoms with Gasteiger partial charge in [0.25, 0.3) is 0 Å². The van der Waals surface area contributed by atoms with Gasteiger partial charge in [0.15, 0.2) is 0 Å². The number of hydrogen-bond acceptors (Lipinski definition) is 3. The minimum Gasteiger partial charge on any atom is -0.480 e. The number of carboxylic acid groups (broad SMARTS) is 1. The number of amides is 2. The summed E-state index contributed by atoms with van der Waals surface area (Å²) in [4.78, 5) is 29.0. The fourth-order valence-corrected chi connectivity index (χ4v) is 1.43. The first-order chi connectivity index (χ1) is 8.15. The number of urea groups is 1. The number of carbonyl (C=O) groups excluding carboxylic acids is 1. The third kappa shape index (κ3) is 3.47. The summed E-state index contributed by atoms with van der Waals surface area (Å²) in [7, 11) is 0. The fraction of sp³-hybridized carbons (Fsp3) is 0.500. The van der Waals surface area contributed by atoms with Crippen LogP contribution in [0, 0.1) is 0 Å². The van der Waals surface area contributed by atoms with Crippen LogP contribution in [0.4, 0.5) is 4.79 Å². The van der Waals surface area contributed by atoms with E-state index in [1.807, 2.05) is 0 Å². The molecule has 0 saturated heterocycles. The topological polar surface area (TPSA) is 107 Å². The van der Waals surface area contributed by atoms with Crippen molar-refractivity contribution in [3.05, 3.63) is 18.2 Å². The van der Waals surface area contributed by atoms with Gasteiger partial charge in [0, 0.05) is 24.4 Å². The van der Waals surface area contributed by atoms with Crippen molar-refractivity contribution in [2.45, 2.75) is 31.3 Å². The molecule has 1 aromatic heterocycles. The molecule has 0 spiro atoms. The molecule has 0 aliphatic heterocycles. The molecule has 1 fully saturated rings. The minimum absolute atomic E-state index is 0.188. The molecule has 2 amide bonds. The van der Waals surface area contributed by atoms with Gasteiger partial charge < -0.3 is 20.7 Å². The third-order valence-corrected chi connectivity index (χ3v) is 2.49. The van der Waals surface area contributed by atoms with Crippen molar-refractivity contribution in [2.24, 2.45) is 0 Å². The van der Waals surface area contributed by atoms with Gasteiger partial charge in [-0.1, -0.05) is 0 Å². The molecule has 0 bridgehead atoms. The second-order valence-electron chi connectivity index (χ2n) is 4.06. The Kier molecular flexibility index (Phi) is 3.27. The number of imidazole rings is 1. The fourth-order valence-electron chi connectivity index (χ4n) is 1.43. The lowest BCUT2D eigenvalue weighted by atomic mass is 10.2. The molecule has 92 valence electrons. The second kappa shape index (κ2) is 4.86. The summed E-state index contributed by atoms with van der Waals surface area (Å²) in [6.45, 7) is 0. The molecule has 17 heavy (non-hydrogen) atoms. The molecule has 1 aliphatic carbocycles. The van der Waals surface area contributed by atoms with Crippen LogP contribution in [-0.4, -0.2) is 39.2 Å². The quantitative estimate of drug-likeness (QED) is 0.573. The van der Waals surface area contributed by atoms with E-state index < -0.39 is 18.0 Å². The molecule has 1 heterocycles. The standard InChI is InChI=1S/C10H14N4O3/c15-9(16)8(3-7-4-11-5-12-7)14-10(17)13-6-1-2-6/h4-6,8H,1-3H2,(H,11,12)(H,15,16)(H2,13,14,17). The summed E-state index contributed by atoms with van der Waals surface area (Å²) >= 11 is 0. The summed E-state index contributed by atoms with van der Waals surface area (Å²) in [5.41, 5.74) is 0.670. The molecular formula is C10H14N4O3. The van der Waals surface area contributed by atoms with Gasteiger partial charge in [-0.05, 0) is 12.8 Å². The number of carboxylic acids is 1. The number of nitrogens with zero attached hydrogens (tertiary/aromatic N) is 1. The number of carbonyl (C=O) groups is 2. The van der Waals surface area contributed by atoms with E-state index in [9.17, 15) is 9.59 Å². The van der Waals surface area contributed by atoms with Gasteiger partial charge in [0.2, 0.25) is 0 Å². The zero-order valence-electron chi connectivity index (χ0n) is 9.14. The van der Waals surface area contributed by atoms with Gasteiger partial charge in [-0.2, -0.15) is 0 Å². The number of aromatic nitrogens is 2. The van der Waals surface area contributed by atoms with Crippen molar-refractivity contribution in [2.75, 3.05) is 0 Å². The van der Waals surface area contributed by atoms with Crippen molar-refractivity contribution in [1.82, 2.24) is 20.6 Å². The maximum Gasteiger partial charge on any atom is 0.326 e. The van der Waals surface area contributed by atoms with E-state index in [0.29, 0.717) is 5.69 Å². The smallest absolute Gasteiger partial charge is 0.326 e. The number of aromatic amines is 1. The van der Waals surface area contributed by atoms with Crippen molar-refractivity contribution in [3.8, 4) is 0 Å². The molecule has 1 aromatic rings. The average molecular weight is 238 g/mol. The first kappa shape index (κ1) is 11.4. The van der Waals surface area contributed by atoms with Crippen LogP contribution in [0.15, 0.2) is 12.5 Å². The highest BCUT2D eigenvalue weighted by Crippen LogP contribution is 2.18. The van der Waals surface area contributed by atoms with Crippen molar-refractivity contribution in [3.63, 3.8) is 0 Å². The van der Waals surface area contributed by atoms with Gasteiger partial charge in [-0.15, -0.1) is 0 Å². The summed E-state index contributed by atoms with van der Waals surface area (Å²) in [6, 6.07) is -1.18. The number of H-pyrrole nitrogens is 1. The SMILES string of the molecule is O=C(NC1CC1)NC(Cc1cnc[nH]1)C(=O)O. The van der Waals surface area contributed by atoms with Crippen LogP contribution in [0.25, 0.3) is 0 Å². The molecule has 1 atom stereocenters. The van der Waals surface area contributed by atoms with Crippen molar-refractivity contribution < 1.29 is 14.7 Å². The largest absolute Gasteiger partial charge is 0.480 e. The zero-order valence-corrected chi connectivity index (χ0v) is 9.14. The first-order valence-corrected chi connectivity index (χ1v) is 5.42. The third-order valence-electron chi connectivity index (χ3n) is 2.49. The zero-order chi connectivity index (χ0) is 12.3. The van der Waals surface area contributed by atoms with Gasteiger partial charge in [-0.25, -0.2) is 14.6 Å². The second-order valence-corrected chi connectivity index (χ2v) is 4.06. The van der Waals surface area contributed by atoms with E-state index in [0.717, 1.165) is 12.8 Å². The summed E-state index contributed by atoms with van der Waals surface area (Å²) in [5.74, 6) is -1.06. The van der Waals surface area contributed by atoms with Crippen molar-refractivity contribution in [1.29, 1.82) is 0 Å². The molecule has 1 saturated carbocycles. The average Bonchev–Trinajstić information content (AvgIpc) is 2.92. The molecule has 4 N–H and O–H groups in total. The maximum absolute atomic E-state index is 11.4. The van der Waals surface area contributed by atoms with E-state index >= 15 is 0 Å². The van der Waals surface area contributed by atoms with Gasteiger partial charge in [-0.3, -0.25) is 0 Å². The predicted octanol–water partition coefficient (Wildman–Crippen LogP) is -0.133. The summed E-state index contributed by atoms with van der Waals surface area (Å²) in [5, 5.41) is 14.1.